The Kier molecular flexibility index (Phi) is 2.32. The van der Waals surface area contributed by atoms with Gasteiger partial charge in [-0.25, -0.2) is 0 Å². The molecule has 0 amide bonds. The molecule has 66 valence electrons. The van der Waals surface area contributed by atoms with E-state index in [9.17, 15) is 0 Å². The Labute approximate surface area is 88.9 Å². The van der Waals surface area contributed by atoms with Gasteiger partial charge in [0.25, 0.3) is 0 Å². The maximum absolute atomic E-state index is 8.58. The van der Waals surface area contributed by atoms with Crippen LogP contribution in [0.25, 0.3) is 16.2 Å². The van der Waals surface area contributed by atoms with E-state index in [0.717, 1.165) is 4.88 Å². The molecule has 0 unspecified atom stereocenters. The normalized spacial score (nSPS) is 9.29. The highest BCUT2D eigenvalue weighted by Crippen LogP contribution is 2.29. The number of nitriles is 2. The van der Waals surface area contributed by atoms with Crippen molar-refractivity contribution in [3.63, 3.8) is 0 Å². The van der Waals surface area contributed by atoms with Crippen molar-refractivity contribution < 1.29 is 0 Å². The molecule has 2 nitrogen and oxygen atoms in total. The Morgan fingerprint density at radius 2 is 2.07 bits per heavy atom. The fourth-order valence-electron chi connectivity index (χ4n) is 1.10. The minimum atomic E-state index is 0.151. The number of allylic oxidation sites excluding steroid dienone is 1. The Morgan fingerprint density at radius 1 is 1.29 bits per heavy atom. The highest BCUT2D eigenvalue weighted by atomic mass is 32.1. The van der Waals surface area contributed by atoms with E-state index in [2.05, 4.69) is 10.8 Å². The predicted molar refractivity (Wildman–Crippen MR) is 58.9 cm³/mol. The standard InChI is InChI=1S/C10H4N2S2/c11-3-7(4-12)1-9-2-8-5-13-6-10(8)14-9/h1-2,5-6H. The van der Waals surface area contributed by atoms with Gasteiger partial charge < -0.3 is 0 Å². The molecule has 0 N–H and O–H groups in total. The Hall–Kier alpha value is -1.62. The van der Waals surface area contributed by atoms with Gasteiger partial charge in [0.05, 0.1) is 0 Å². The van der Waals surface area contributed by atoms with Gasteiger partial charge in [0.1, 0.15) is 17.7 Å². The summed E-state index contributed by atoms with van der Waals surface area (Å²) in [6.07, 6.45) is 1.62. The third-order valence-corrected chi connectivity index (χ3v) is 3.66. The minimum absolute atomic E-state index is 0.151. The maximum atomic E-state index is 8.58. The molecule has 0 radical (unpaired) electrons. The van der Waals surface area contributed by atoms with Crippen molar-refractivity contribution in [2.75, 3.05) is 0 Å². The molecule has 0 aliphatic heterocycles. The summed E-state index contributed by atoms with van der Waals surface area (Å²) < 4.78 is 1.21. The molecule has 0 aromatic carbocycles. The van der Waals surface area contributed by atoms with E-state index in [-0.39, 0.29) is 5.57 Å². The number of thiophene rings is 2. The third kappa shape index (κ3) is 1.54. The molecule has 0 aliphatic carbocycles. The van der Waals surface area contributed by atoms with Crippen molar-refractivity contribution >= 4 is 38.8 Å². The van der Waals surface area contributed by atoms with Crippen LogP contribution in [0.5, 0.6) is 0 Å². The van der Waals surface area contributed by atoms with Gasteiger partial charge in [-0.15, -0.1) is 11.3 Å². The SMILES string of the molecule is N#CC(C#N)=Cc1cc2cscc2s1. The van der Waals surface area contributed by atoms with Crippen molar-refractivity contribution in [1.82, 2.24) is 0 Å². The van der Waals surface area contributed by atoms with Gasteiger partial charge >= 0.3 is 0 Å². The summed E-state index contributed by atoms with van der Waals surface area (Å²) in [4.78, 5) is 0.959. The lowest BCUT2D eigenvalue weighted by atomic mass is 10.2. The zero-order chi connectivity index (χ0) is 9.97. The van der Waals surface area contributed by atoms with Crippen molar-refractivity contribution in [2.45, 2.75) is 0 Å². The van der Waals surface area contributed by atoms with Crippen molar-refractivity contribution in [1.29, 1.82) is 10.5 Å². The lowest BCUT2D eigenvalue weighted by Crippen LogP contribution is -1.68. The number of nitrogens with zero attached hydrogens (tertiary/aromatic N) is 2. The smallest absolute Gasteiger partial charge is 0.131 e. The summed E-state index contributed by atoms with van der Waals surface area (Å²) in [6.45, 7) is 0. The minimum Gasteiger partial charge on any atom is -0.192 e. The van der Waals surface area contributed by atoms with Crippen LogP contribution < -0.4 is 0 Å². The van der Waals surface area contributed by atoms with Crippen LogP contribution in [0.15, 0.2) is 22.4 Å². The van der Waals surface area contributed by atoms with Crippen molar-refractivity contribution in [2.24, 2.45) is 0 Å². The molecule has 0 aliphatic rings. The molecule has 0 atom stereocenters. The fraction of sp³-hybridized carbons (Fsp3) is 0. The van der Waals surface area contributed by atoms with Gasteiger partial charge in [-0.1, -0.05) is 0 Å². The molecule has 4 heteroatoms. The molecule has 0 spiro atoms. The van der Waals surface area contributed by atoms with Gasteiger partial charge in [-0.2, -0.15) is 21.9 Å². The molecule has 0 fully saturated rings. The lowest BCUT2D eigenvalue weighted by Gasteiger charge is -1.81. The van der Waals surface area contributed by atoms with Crippen LogP contribution in [0.3, 0.4) is 0 Å². The average Bonchev–Trinajstić information content (AvgIpc) is 2.73. The number of rotatable bonds is 1. The number of fused-ring (bicyclic) bond motifs is 1. The Balaban J connectivity index is 2.47. The van der Waals surface area contributed by atoms with Crippen LogP contribution in [-0.4, -0.2) is 0 Å². The van der Waals surface area contributed by atoms with E-state index in [1.165, 1.54) is 10.1 Å². The van der Waals surface area contributed by atoms with Crippen LogP contribution in [0.1, 0.15) is 4.88 Å². The molecule has 0 saturated carbocycles. The van der Waals surface area contributed by atoms with Gasteiger partial charge in [0.2, 0.25) is 0 Å². The van der Waals surface area contributed by atoms with Crippen LogP contribution in [0.4, 0.5) is 0 Å². The summed E-state index contributed by atoms with van der Waals surface area (Å²) in [5.74, 6) is 0. The number of hydrogen-bond donors (Lipinski definition) is 0. The quantitative estimate of drug-likeness (QED) is 0.686. The molecular formula is C10H4N2S2. The molecule has 2 aromatic heterocycles. The average molecular weight is 216 g/mol. The third-order valence-electron chi connectivity index (χ3n) is 1.71. The largest absolute Gasteiger partial charge is 0.192 e. The highest BCUT2D eigenvalue weighted by molar-refractivity contribution is 7.23. The molecule has 2 heterocycles. The lowest BCUT2D eigenvalue weighted by molar-refractivity contribution is 1.47. The van der Waals surface area contributed by atoms with Crippen molar-refractivity contribution in [3.05, 3.63) is 27.3 Å². The summed E-state index contributed by atoms with van der Waals surface area (Å²) in [5.41, 5.74) is 0.151. The molecular weight excluding hydrogens is 212 g/mol. The summed E-state index contributed by atoms with van der Waals surface area (Å²) in [6, 6.07) is 5.68. The molecule has 14 heavy (non-hydrogen) atoms. The highest BCUT2D eigenvalue weighted by Gasteiger charge is 2.01. The monoisotopic (exact) mass is 216 g/mol. The number of hydrogen-bond acceptors (Lipinski definition) is 4. The first kappa shape index (κ1) is 8.96. The van der Waals surface area contributed by atoms with E-state index in [0.29, 0.717) is 0 Å². The van der Waals surface area contributed by atoms with Crippen LogP contribution in [0.2, 0.25) is 0 Å². The van der Waals surface area contributed by atoms with Gasteiger partial charge in [0, 0.05) is 20.3 Å². The van der Waals surface area contributed by atoms with Crippen LogP contribution in [0, 0.1) is 22.7 Å². The predicted octanol–water partition coefficient (Wildman–Crippen LogP) is 3.39. The molecule has 0 bridgehead atoms. The van der Waals surface area contributed by atoms with Gasteiger partial charge in [0.15, 0.2) is 0 Å². The maximum Gasteiger partial charge on any atom is 0.131 e. The molecule has 2 aromatic rings. The fourth-order valence-corrected chi connectivity index (χ4v) is 3.05. The Bertz CT molecular complexity index is 531. The first-order valence-electron chi connectivity index (χ1n) is 3.81. The van der Waals surface area contributed by atoms with E-state index in [1.807, 2.05) is 18.2 Å². The van der Waals surface area contributed by atoms with Crippen LogP contribution >= 0.6 is 22.7 Å². The zero-order valence-electron chi connectivity index (χ0n) is 7.02. The Morgan fingerprint density at radius 3 is 2.71 bits per heavy atom. The van der Waals surface area contributed by atoms with E-state index >= 15 is 0 Å². The summed E-state index contributed by atoms with van der Waals surface area (Å²) >= 11 is 3.25. The van der Waals surface area contributed by atoms with Gasteiger partial charge in [-0.3, -0.25) is 0 Å². The molecule has 2 rings (SSSR count). The van der Waals surface area contributed by atoms with Gasteiger partial charge in [-0.05, 0) is 17.5 Å². The molecule has 0 saturated heterocycles. The second-order valence-electron chi connectivity index (χ2n) is 2.62. The zero-order valence-corrected chi connectivity index (χ0v) is 8.65. The first-order chi connectivity index (χ1) is 6.83. The topological polar surface area (TPSA) is 47.6 Å². The van der Waals surface area contributed by atoms with Crippen LogP contribution in [-0.2, 0) is 0 Å². The second kappa shape index (κ2) is 3.63. The van der Waals surface area contributed by atoms with E-state index < -0.39 is 0 Å². The summed E-state index contributed by atoms with van der Waals surface area (Å²) in [5, 5.41) is 22.5. The first-order valence-corrected chi connectivity index (χ1v) is 5.57. The summed E-state index contributed by atoms with van der Waals surface area (Å²) in [7, 11) is 0. The van der Waals surface area contributed by atoms with E-state index in [1.54, 1.807) is 28.7 Å². The van der Waals surface area contributed by atoms with E-state index in [4.69, 9.17) is 10.5 Å². The second-order valence-corrected chi connectivity index (χ2v) is 4.48. The van der Waals surface area contributed by atoms with Crippen molar-refractivity contribution in [3.8, 4) is 12.1 Å².